The van der Waals surface area contributed by atoms with E-state index in [2.05, 4.69) is 5.32 Å². The Balaban J connectivity index is 1.61. The molecule has 0 atom stereocenters. The van der Waals surface area contributed by atoms with Crippen molar-refractivity contribution in [3.05, 3.63) is 74.9 Å². The number of nitrogens with one attached hydrogen (secondary N) is 1. The van der Waals surface area contributed by atoms with E-state index in [0.717, 1.165) is 11.1 Å². The molecular formula is C22H18ClN3O2S2. The molecule has 2 heterocycles. The highest BCUT2D eigenvalue weighted by atomic mass is 35.5. The summed E-state index contributed by atoms with van der Waals surface area (Å²) in [6.07, 6.45) is 0. The summed E-state index contributed by atoms with van der Waals surface area (Å²) in [6, 6.07) is 15.2. The molecule has 4 aromatic rings. The first kappa shape index (κ1) is 20.7. The maximum absolute atomic E-state index is 12.8. The third-order valence-electron chi connectivity index (χ3n) is 4.60. The van der Waals surface area contributed by atoms with E-state index >= 15 is 0 Å². The second kappa shape index (κ2) is 8.63. The van der Waals surface area contributed by atoms with E-state index in [-0.39, 0.29) is 17.2 Å². The van der Waals surface area contributed by atoms with Gasteiger partial charge in [0, 0.05) is 18.0 Å². The van der Waals surface area contributed by atoms with Crippen LogP contribution in [0.25, 0.3) is 21.3 Å². The van der Waals surface area contributed by atoms with Gasteiger partial charge in [-0.25, -0.2) is 4.98 Å². The summed E-state index contributed by atoms with van der Waals surface area (Å²) >= 11 is 8.70. The standard InChI is InChI=1S/C22H18ClN3O2S2/c1-13-7-9-14(10-8-13)15-11-29-20-19(15)25-22(26(2)21(20)28)30-12-18(27)24-17-6-4-3-5-16(17)23/h3-11H,12H2,1-2H3,(H,24,27). The summed E-state index contributed by atoms with van der Waals surface area (Å²) in [6.45, 7) is 2.03. The van der Waals surface area contributed by atoms with E-state index in [1.165, 1.54) is 33.2 Å². The third kappa shape index (κ3) is 4.14. The van der Waals surface area contributed by atoms with Gasteiger partial charge in [0.15, 0.2) is 5.16 Å². The van der Waals surface area contributed by atoms with E-state index < -0.39 is 0 Å². The highest BCUT2D eigenvalue weighted by molar-refractivity contribution is 7.99. The van der Waals surface area contributed by atoms with Gasteiger partial charge in [-0.2, -0.15) is 0 Å². The first-order valence-electron chi connectivity index (χ1n) is 9.16. The Morgan fingerprint density at radius 3 is 2.67 bits per heavy atom. The van der Waals surface area contributed by atoms with Crippen LogP contribution < -0.4 is 10.9 Å². The van der Waals surface area contributed by atoms with Gasteiger partial charge in [0.2, 0.25) is 5.91 Å². The maximum atomic E-state index is 12.8. The molecule has 0 spiro atoms. The van der Waals surface area contributed by atoms with Crippen molar-refractivity contribution in [1.29, 1.82) is 0 Å². The fourth-order valence-electron chi connectivity index (χ4n) is 2.97. The summed E-state index contributed by atoms with van der Waals surface area (Å²) in [5, 5.41) is 5.71. The number of anilines is 1. The van der Waals surface area contributed by atoms with E-state index in [1.807, 2.05) is 36.6 Å². The van der Waals surface area contributed by atoms with Crippen molar-refractivity contribution >= 4 is 56.5 Å². The molecule has 0 fully saturated rings. The SMILES string of the molecule is Cc1ccc(-c2csc3c(=O)n(C)c(SCC(=O)Nc4ccccc4Cl)nc23)cc1. The number of hydrogen-bond donors (Lipinski definition) is 1. The molecule has 0 aliphatic carbocycles. The topological polar surface area (TPSA) is 64.0 Å². The summed E-state index contributed by atoms with van der Waals surface area (Å²) in [5.74, 6) is -0.104. The molecule has 1 N–H and O–H groups in total. The van der Waals surface area contributed by atoms with Crippen LogP contribution in [0.2, 0.25) is 5.02 Å². The van der Waals surface area contributed by atoms with Gasteiger partial charge in [-0.1, -0.05) is 65.3 Å². The van der Waals surface area contributed by atoms with Crippen molar-refractivity contribution < 1.29 is 4.79 Å². The Hall–Kier alpha value is -2.61. The van der Waals surface area contributed by atoms with Gasteiger partial charge in [0.1, 0.15) is 4.70 Å². The fourth-order valence-corrected chi connectivity index (χ4v) is 4.91. The van der Waals surface area contributed by atoms with Crippen LogP contribution in [0.3, 0.4) is 0 Å². The fraction of sp³-hybridized carbons (Fsp3) is 0.136. The van der Waals surface area contributed by atoms with E-state index in [1.54, 1.807) is 31.3 Å². The molecule has 0 saturated carbocycles. The number of para-hydroxylation sites is 1. The van der Waals surface area contributed by atoms with E-state index in [4.69, 9.17) is 16.6 Å². The second-order valence-electron chi connectivity index (χ2n) is 6.77. The highest BCUT2D eigenvalue weighted by Gasteiger charge is 2.16. The van der Waals surface area contributed by atoms with E-state index in [0.29, 0.717) is 26.1 Å². The molecule has 0 saturated heterocycles. The monoisotopic (exact) mass is 455 g/mol. The summed E-state index contributed by atoms with van der Waals surface area (Å²) in [4.78, 5) is 29.9. The molecule has 0 radical (unpaired) electrons. The highest BCUT2D eigenvalue weighted by Crippen LogP contribution is 2.32. The molecule has 2 aromatic carbocycles. The Kier molecular flexibility index (Phi) is 5.94. The average molecular weight is 456 g/mol. The summed E-state index contributed by atoms with van der Waals surface area (Å²) in [5.41, 5.74) is 4.22. The zero-order chi connectivity index (χ0) is 21.3. The van der Waals surface area contributed by atoms with Crippen LogP contribution in [-0.2, 0) is 11.8 Å². The van der Waals surface area contributed by atoms with Crippen LogP contribution in [0.4, 0.5) is 5.69 Å². The quantitative estimate of drug-likeness (QED) is 0.325. The average Bonchev–Trinajstić information content (AvgIpc) is 3.16. The number of aromatic nitrogens is 2. The van der Waals surface area contributed by atoms with Gasteiger partial charge in [-0.05, 0) is 24.6 Å². The number of fused-ring (bicyclic) bond motifs is 1. The van der Waals surface area contributed by atoms with Gasteiger partial charge < -0.3 is 5.32 Å². The number of aryl methyl sites for hydroxylation is 1. The molecule has 5 nitrogen and oxygen atoms in total. The Bertz CT molecular complexity index is 1300. The molecule has 0 aliphatic heterocycles. The first-order valence-corrected chi connectivity index (χ1v) is 11.4. The van der Waals surface area contributed by atoms with Gasteiger partial charge in [0.25, 0.3) is 5.56 Å². The molecule has 0 aliphatic rings. The van der Waals surface area contributed by atoms with Gasteiger partial charge in [-0.15, -0.1) is 11.3 Å². The van der Waals surface area contributed by atoms with Crippen LogP contribution in [0.1, 0.15) is 5.56 Å². The number of benzene rings is 2. The lowest BCUT2D eigenvalue weighted by atomic mass is 10.1. The Morgan fingerprint density at radius 2 is 1.93 bits per heavy atom. The number of hydrogen-bond acceptors (Lipinski definition) is 5. The smallest absolute Gasteiger partial charge is 0.271 e. The second-order valence-corrected chi connectivity index (χ2v) is 9.00. The molecular weight excluding hydrogens is 438 g/mol. The zero-order valence-corrected chi connectivity index (χ0v) is 18.7. The van der Waals surface area contributed by atoms with Crippen molar-refractivity contribution in [2.24, 2.45) is 7.05 Å². The molecule has 8 heteroatoms. The molecule has 4 rings (SSSR count). The first-order chi connectivity index (χ1) is 14.4. The van der Waals surface area contributed by atoms with Crippen molar-refractivity contribution in [3.8, 4) is 11.1 Å². The van der Waals surface area contributed by atoms with Crippen LogP contribution in [0.15, 0.2) is 63.9 Å². The molecule has 0 unspecified atom stereocenters. The largest absolute Gasteiger partial charge is 0.324 e. The van der Waals surface area contributed by atoms with E-state index in [9.17, 15) is 9.59 Å². The number of carbonyl (C=O) groups is 1. The number of rotatable bonds is 5. The van der Waals surface area contributed by atoms with Crippen molar-refractivity contribution in [1.82, 2.24) is 9.55 Å². The predicted molar refractivity (Wildman–Crippen MR) is 126 cm³/mol. The van der Waals surface area contributed by atoms with Crippen LogP contribution >= 0.6 is 34.7 Å². The number of thiophene rings is 1. The van der Waals surface area contributed by atoms with Gasteiger partial charge in [0.05, 0.1) is 22.0 Å². The summed E-state index contributed by atoms with van der Waals surface area (Å²) in [7, 11) is 1.67. The zero-order valence-electron chi connectivity index (χ0n) is 16.3. The van der Waals surface area contributed by atoms with Gasteiger partial charge >= 0.3 is 0 Å². The number of nitrogens with zero attached hydrogens (tertiary/aromatic N) is 2. The molecule has 0 bridgehead atoms. The number of amides is 1. The number of halogens is 1. The molecule has 152 valence electrons. The minimum Gasteiger partial charge on any atom is -0.324 e. The Labute approximate surface area is 186 Å². The van der Waals surface area contributed by atoms with Crippen molar-refractivity contribution in [2.75, 3.05) is 11.1 Å². The van der Waals surface area contributed by atoms with Crippen molar-refractivity contribution in [2.45, 2.75) is 12.1 Å². The van der Waals surface area contributed by atoms with Gasteiger partial charge in [-0.3, -0.25) is 14.2 Å². The summed E-state index contributed by atoms with van der Waals surface area (Å²) < 4.78 is 2.10. The third-order valence-corrected chi connectivity index (χ3v) is 6.92. The van der Waals surface area contributed by atoms with Crippen LogP contribution in [0.5, 0.6) is 0 Å². The normalized spacial score (nSPS) is 11.0. The lowest BCUT2D eigenvalue weighted by Gasteiger charge is -2.09. The Morgan fingerprint density at radius 1 is 1.20 bits per heavy atom. The molecule has 30 heavy (non-hydrogen) atoms. The lowest BCUT2D eigenvalue weighted by Crippen LogP contribution is -2.20. The predicted octanol–water partition coefficient (Wildman–Crippen LogP) is 5.35. The maximum Gasteiger partial charge on any atom is 0.271 e. The number of thioether (sulfide) groups is 1. The minimum absolute atomic E-state index is 0.112. The lowest BCUT2D eigenvalue weighted by molar-refractivity contribution is -0.113. The van der Waals surface area contributed by atoms with Crippen LogP contribution in [-0.4, -0.2) is 21.2 Å². The van der Waals surface area contributed by atoms with Crippen molar-refractivity contribution in [3.63, 3.8) is 0 Å². The molecule has 2 aromatic heterocycles. The number of carbonyl (C=O) groups excluding carboxylic acids is 1. The molecule has 1 amide bonds. The minimum atomic E-state index is -0.216. The van der Waals surface area contributed by atoms with Crippen LogP contribution in [0, 0.1) is 6.92 Å².